The van der Waals surface area contributed by atoms with Gasteiger partial charge in [0, 0.05) is 12.1 Å². The van der Waals surface area contributed by atoms with Crippen LogP contribution in [0.25, 0.3) is 0 Å². The minimum Gasteiger partial charge on any atom is -0.391 e. The third-order valence-corrected chi connectivity index (χ3v) is 6.16. The standard InChI is InChI=1S/C17H33NO2/c1-5-17(6-2,18(3)4)15(19)14-9-12-20-16(13-14)10-7-8-11-16/h14-15,19H,5-13H2,1-4H3. The maximum atomic E-state index is 11.1. The van der Waals surface area contributed by atoms with Crippen LogP contribution in [0.3, 0.4) is 0 Å². The quantitative estimate of drug-likeness (QED) is 0.841. The van der Waals surface area contributed by atoms with Crippen LogP contribution in [-0.4, -0.2) is 48.0 Å². The zero-order valence-corrected chi connectivity index (χ0v) is 13.8. The van der Waals surface area contributed by atoms with Crippen molar-refractivity contribution in [3.05, 3.63) is 0 Å². The van der Waals surface area contributed by atoms with E-state index in [1.54, 1.807) is 0 Å². The molecule has 2 fully saturated rings. The Hall–Kier alpha value is -0.120. The molecule has 1 spiro atoms. The number of hydrogen-bond donors (Lipinski definition) is 1. The molecule has 1 aliphatic carbocycles. The first-order chi connectivity index (χ1) is 9.49. The van der Waals surface area contributed by atoms with E-state index in [-0.39, 0.29) is 17.2 Å². The largest absolute Gasteiger partial charge is 0.391 e. The van der Waals surface area contributed by atoms with Gasteiger partial charge >= 0.3 is 0 Å². The number of hydrogen-bond acceptors (Lipinski definition) is 3. The van der Waals surface area contributed by atoms with Gasteiger partial charge in [-0.2, -0.15) is 0 Å². The highest BCUT2D eigenvalue weighted by Crippen LogP contribution is 2.45. The zero-order valence-electron chi connectivity index (χ0n) is 13.8. The Labute approximate surface area is 124 Å². The fraction of sp³-hybridized carbons (Fsp3) is 1.00. The molecule has 1 N–H and O–H groups in total. The number of ether oxygens (including phenoxy) is 1. The predicted octanol–water partition coefficient (Wildman–Crippen LogP) is 3.21. The highest BCUT2D eigenvalue weighted by atomic mass is 16.5. The van der Waals surface area contributed by atoms with Crippen LogP contribution in [0.1, 0.15) is 65.2 Å². The van der Waals surface area contributed by atoms with Gasteiger partial charge in [0.25, 0.3) is 0 Å². The lowest BCUT2D eigenvalue weighted by Crippen LogP contribution is -2.57. The Kier molecular flexibility index (Phi) is 5.14. The summed E-state index contributed by atoms with van der Waals surface area (Å²) in [4.78, 5) is 2.24. The summed E-state index contributed by atoms with van der Waals surface area (Å²) in [6.07, 6.45) is 8.82. The van der Waals surface area contributed by atoms with E-state index in [0.717, 1.165) is 32.3 Å². The molecular formula is C17H33NO2. The third kappa shape index (κ3) is 2.77. The molecule has 3 nitrogen and oxygen atoms in total. The minimum absolute atomic E-state index is 0.0815. The van der Waals surface area contributed by atoms with Crippen molar-refractivity contribution in [1.29, 1.82) is 0 Å². The summed E-state index contributed by atoms with van der Waals surface area (Å²) in [6.45, 7) is 5.24. The molecule has 2 rings (SSSR count). The second-order valence-corrected chi connectivity index (χ2v) is 7.14. The van der Waals surface area contributed by atoms with Crippen LogP contribution in [0.4, 0.5) is 0 Å². The average molecular weight is 283 g/mol. The second-order valence-electron chi connectivity index (χ2n) is 7.14. The summed E-state index contributed by atoms with van der Waals surface area (Å²) in [6, 6.07) is 0. The first-order valence-electron chi connectivity index (χ1n) is 8.49. The molecule has 0 bridgehead atoms. The summed E-state index contributed by atoms with van der Waals surface area (Å²) in [5, 5.41) is 11.1. The fourth-order valence-corrected chi connectivity index (χ4v) is 4.71. The molecule has 1 saturated carbocycles. The normalized spacial score (nSPS) is 28.2. The molecule has 0 radical (unpaired) electrons. The van der Waals surface area contributed by atoms with Crippen molar-refractivity contribution < 1.29 is 9.84 Å². The van der Waals surface area contributed by atoms with E-state index in [4.69, 9.17) is 4.74 Å². The van der Waals surface area contributed by atoms with Gasteiger partial charge in [-0.15, -0.1) is 0 Å². The van der Waals surface area contributed by atoms with Crippen LogP contribution in [0, 0.1) is 5.92 Å². The van der Waals surface area contributed by atoms with Crippen molar-refractivity contribution in [2.24, 2.45) is 5.92 Å². The molecule has 0 amide bonds. The van der Waals surface area contributed by atoms with Gasteiger partial charge < -0.3 is 14.7 Å². The molecule has 0 aromatic rings. The molecule has 1 aliphatic heterocycles. The summed E-state index contributed by atoms with van der Waals surface area (Å²) in [5.41, 5.74) is 0.0191. The van der Waals surface area contributed by atoms with Crippen LogP contribution in [0.15, 0.2) is 0 Å². The molecule has 0 aromatic carbocycles. The Morgan fingerprint density at radius 1 is 1.25 bits per heavy atom. The van der Waals surface area contributed by atoms with Crippen LogP contribution in [-0.2, 0) is 4.74 Å². The molecule has 1 saturated heterocycles. The first kappa shape index (κ1) is 16.3. The topological polar surface area (TPSA) is 32.7 Å². The van der Waals surface area contributed by atoms with Crippen molar-refractivity contribution in [1.82, 2.24) is 4.90 Å². The van der Waals surface area contributed by atoms with Gasteiger partial charge in [0.05, 0.1) is 11.7 Å². The van der Waals surface area contributed by atoms with Crippen molar-refractivity contribution in [3.8, 4) is 0 Å². The van der Waals surface area contributed by atoms with E-state index in [9.17, 15) is 5.11 Å². The van der Waals surface area contributed by atoms with E-state index in [0.29, 0.717) is 5.92 Å². The smallest absolute Gasteiger partial charge is 0.0753 e. The second kappa shape index (κ2) is 6.33. The Morgan fingerprint density at radius 3 is 2.35 bits per heavy atom. The number of aliphatic hydroxyl groups excluding tert-OH is 1. The van der Waals surface area contributed by atoms with Crippen molar-refractivity contribution in [3.63, 3.8) is 0 Å². The molecule has 0 aromatic heterocycles. The van der Waals surface area contributed by atoms with Crippen LogP contribution < -0.4 is 0 Å². The van der Waals surface area contributed by atoms with Gasteiger partial charge in [-0.25, -0.2) is 0 Å². The van der Waals surface area contributed by atoms with Crippen molar-refractivity contribution >= 4 is 0 Å². The van der Waals surface area contributed by atoms with Gasteiger partial charge in [-0.05, 0) is 58.5 Å². The van der Waals surface area contributed by atoms with Crippen LogP contribution in [0.5, 0.6) is 0 Å². The lowest BCUT2D eigenvalue weighted by Gasteiger charge is -2.49. The van der Waals surface area contributed by atoms with Gasteiger partial charge in [0.2, 0.25) is 0 Å². The third-order valence-electron chi connectivity index (χ3n) is 6.16. The van der Waals surface area contributed by atoms with Crippen molar-refractivity contribution in [2.75, 3.05) is 20.7 Å². The van der Waals surface area contributed by atoms with E-state index in [2.05, 4.69) is 32.8 Å². The number of nitrogens with zero attached hydrogens (tertiary/aromatic N) is 1. The molecule has 1 heterocycles. The predicted molar refractivity (Wildman–Crippen MR) is 82.9 cm³/mol. The highest BCUT2D eigenvalue weighted by Gasteiger charge is 2.47. The monoisotopic (exact) mass is 283 g/mol. The Morgan fingerprint density at radius 2 is 1.85 bits per heavy atom. The maximum Gasteiger partial charge on any atom is 0.0753 e. The average Bonchev–Trinajstić information content (AvgIpc) is 2.88. The SMILES string of the molecule is CCC(CC)(C(O)C1CCOC2(CCCC2)C1)N(C)C. The highest BCUT2D eigenvalue weighted by molar-refractivity contribution is 5.00. The van der Waals surface area contributed by atoms with E-state index in [1.165, 1.54) is 25.7 Å². The van der Waals surface area contributed by atoms with Gasteiger partial charge in [-0.3, -0.25) is 0 Å². The summed E-state index contributed by atoms with van der Waals surface area (Å²) in [5.74, 6) is 0.393. The van der Waals surface area contributed by atoms with Crippen LogP contribution in [0.2, 0.25) is 0 Å². The molecule has 2 atom stereocenters. The van der Waals surface area contributed by atoms with Gasteiger partial charge in [0.1, 0.15) is 0 Å². The fourth-order valence-electron chi connectivity index (χ4n) is 4.71. The van der Waals surface area contributed by atoms with E-state index < -0.39 is 0 Å². The van der Waals surface area contributed by atoms with Gasteiger partial charge in [-0.1, -0.05) is 26.7 Å². The zero-order chi connectivity index (χ0) is 14.8. The molecule has 118 valence electrons. The van der Waals surface area contributed by atoms with Crippen molar-refractivity contribution in [2.45, 2.75) is 82.5 Å². The number of rotatable bonds is 5. The first-order valence-corrected chi connectivity index (χ1v) is 8.49. The summed E-state index contributed by atoms with van der Waals surface area (Å²) < 4.78 is 6.12. The number of aliphatic hydroxyl groups is 1. The maximum absolute atomic E-state index is 11.1. The lowest BCUT2D eigenvalue weighted by atomic mass is 9.72. The molecule has 20 heavy (non-hydrogen) atoms. The number of likely N-dealkylation sites (N-methyl/N-ethyl adjacent to an activating group) is 1. The van der Waals surface area contributed by atoms with Crippen LogP contribution >= 0.6 is 0 Å². The molecule has 2 unspecified atom stereocenters. The molecular weight excluding hydrogens is 250 g/mol. The van der Waals surface area contributed by atoms with E-state index in [1.807, 2.05) is 0 Å². The Balaban J connectivity index is 2.12. The van der Waals surface area contributed by atoms with Gasteiger partial charge in [0.15, 0.2) is 0 Å². The molecule has 2 aliphatic rings. The van der Waals surface area contributed by atoms with E-state index >= 15 is 0 Å². The Bertz CT molecular complexity index is 306. The summed E-state index contributed by atoms with van der Waals surface area (Å²) >= 11 is 0. The minimum atomic E-state index is -0.242. The summed E-state index contributed by atoms with van der Waals surface area (Å²) in [7, 11) is 4.22. The molecule has 3 heteroatoms. The lowest BCUT2D eigenvalue weighted by molar-refractivity contribution is -0.137.